The van der Waals surface area contributed by atoms with Crippen LogP contribution >= 0.6 is 0 Å². The second-order valence-corrected chi connectivity index (χ2v) is 8.72. The van der Waals surface area contributed by atoms with Crippen LogP contribution in [0.5, 0.6) is 0 Å². The first kappa shape index (κ1) is 22.2. The largest absolute Gasteiger partial charge is 0.494 e. The van der Waals surface area contributed by atoms with Gasteiger partial charge in [0.25, 0.3) is 0 Å². The van der Waals surface area contributed by atoms with Crippen LogP contribution in [0.1, 0.15) is 46.2 Å². The number of ether oxygens (including phenoxy) is 2. The van der Waals surface area contributed by atoms with Crippen molar-refractivity contribution in [1.82, 2.24) is 5.43 Å². The Kier molecular flexibility index (Phi) is 6.41. The maximum atomic E-state index is 14.7. The van der Waals surface area contributed by atoms with Crippen molar-refractivity contribution < 1.29 is 23.2 Å². The van der Waals surface area contributed by atoms with E-state index in [0.29, 0.717) is 11.2 Å². The average molecular weight is 406 g/mol. The monoisotopic (exact) mass is 406 g/mol. The third-order valence-corrected chi connectivity index (χ3v) is 5.85. The lowest BCUT2D eigenvalue weighted by Crippen LogP contribution is -2.41. The Labute approximate surface area is 173 Å². The smallest absolute Gasteiger partial charge is 0.399 e. The molecule has 0 bridgehead atoms. The summed E-state index contributed by atoms with van der Waals surface area (Å²) in [4.78, 5) is 0. The number of fused-ring (bicyclic) bond motifs is 1. The van der Waals surface area contributed by atoms with Crippen LogP contribution in [-0.2, 0) is 18.8 Å². The highest BCUT2D eigenvalue weighted by atomic mass is 19.1. The normalized spacial score (nSPS) is 24.7. The quantitative estimate of drug-likeness (QED) is 0.602. The highest BCUT2D eigenvalue weighted by Gasteiger charge is 2.52. The number of rotatable bonds is 2. The molecule has 2 fully saturated rings. The summed E-state index contributed by atoms with van der Waals surface area (Å²) in [6.45, 7) is 17.0. The molecule has 6 nitrogen and oxygen atoms in total. The summed E-state index contributed by atoms with van der Waals surface area (Å²) >= 11 is 0. The molecule has 160 valence electrons. The molecule has 0 spiro atoms. The van der Waals surface area contributed by atoms with E-state index in [4.69, 9.17) is 18.8 Å². The summed E-state index contributed by atoms with van der Waals surface area (Å²) in [5.74, 6) is -0.286. The molecule has 3 aliphatic heterocycles. The van der Waals surface area contributed by atoms with Gasteiger partial charge in [0.2, 0.25) is 0 Å². The van der Waals surface area contributed by atoms with Crippen molar-refractivity contribution >= 4 is 18.3 Å². The Bertz CT molecular complexity index is 740. The van der Waals surface area contributed by atoms with Crippen molar-refractivity contribution in [1.29, 1.82) is 0 Å². The molecule has 1 atom stereocenters. The minimum absolute atomic E-state index is 0.105. The van der Waals surface area contributed by atoms with Crippen LogP contribution in [-0.4, -0.2) is 51.8 Å². The molecule has 1 aromatic carbocycles. The first-order valence-corrected chi connectivity index (χ1v) is 10.0. The zero-order valence-corrected chi connectivity index (χ0v) is 18.3. The standard InChI is InChI=1S/C17H24BFN2O2.C4H8O2/c1-10(2)14-12-8-11(9-13(19)15(12)21(7)20-14)18-22-16(3,4)17(5,6)23-18;1-2-6-4-3-5-1/h8-9,14,20H,1H2,2-7H3;1-4H2. The van der Waals surface area contributed by atoms with E-state index in [1.807, 2.05) is 40.7 Å². The Morgan fingerprint density at radius 3 is 2.07 bits per heavy atom. The summed E-state index contributed by atoms with van der Waals surface area (Å²) in [5.41, 5.74) is 5.37. The van der Waals surface area contributed by atoms with Gasteiger partial charge >= 0.3 is 7.12 Å². The van der Waals surface area contributed by atoms with Gasteiger partial charge in [-0.1, -0.05) is 18.2 Å². The molecule has 0 aliphatic carbocycles. The Morgan fingerprint density at radius 1 is 1.10 bits per heavy atom. The van der Waals surface area contributed by atoms with Crippen molar-refractivity contribution in [2.75, 3.05) is 38.5 Å². The fourth-order valence-electron chi connectivity index (χ4n) is 3.47. The molecule has 3 heterocycles. The second-order valence-electron chi connectivity index (χ2n) is 8.72. The van der Waals surface area contributed by atoms with Gasteiger partial charge in [-0.25, -0.2) is 9.82 Å². The van der Waals surface area contributed by atoms with Crippen LogP contribution in [0.3, 0.4) is 0 Å². The van der Waals surface area contributed by atoms with E-state index in [1.54, 1.807) is 12.1 Å². The first-order chi connectivity index (χ1) is 13.5. The van der Waals surface area contributed by atoms with E-state index in [9.17, 15) is 4.39 Å². The van der Waals surface area contributed by atoms with Crippen molar-refractivity contribution in [3.8, 4) is 0 Å². The van der Waals surface area contributed by atoms with Crippen LogP contribution in [0.15, 0.2) is 24.3 Å². The average Bonchev–Trinajstić information content (AvgIpc) is 3.10. The number of halogens is 1. The van der Waals surface area contributed by atoms with Crippen LogP contribution in [0.2, 0.25) is 0 Å². The lowest BCUT2D eigenvalue weighted by atomic mass is 9.77. The lowest BCUT2D eigenvalue weighted by Gasteiger charge is -2.32. The Balaban J connectivity index is 0.000000343. The molecule has 8 heteroatoms. The molecular formula is C21H32BFN2O4. The van der Waals surface area contributed by atoms with E-state index in [-0.39, 0.29) is 11.9 Å². The topological polar surface area (TPSA) is 52.2 Å². The van der Waals surface area contributed by atoms with Crippen molar-refractivity contribution in [3.63, 3.8) is 0 Å². The van der Waals surface area contributed by atoms with Gasteiger partial charge in [0, 0.05) is 12.6 Å². The van der Waals surface area contributed by atoms with Gasteiger partial charge < -0.3 is 23.8 Å². The van der Waals surface area contributed by atoms with Gasteiger partial charge in [-0.2, -0.15) is 0 Å². The molecule has 1 aromatic rings. The lowest BCUT2D eigenvalue weighted by molar-refractivity contribution is -0.0334. The molecule has 0 aromatic heterocycles. The number of hydrazine groups is 1. The first-order valence-electron chi connectivity index (χ1n) is 10.0. The number of hydrogen-bond donors (Lipinski definition) is 1. The zero-order valence-electron chi connectivity index (χ0n) is 18.3. The van der Waals surface area contributed by atoms with E-state index in [1.165, 1.54) is 6.07 Å². The molecule has 4 rings (SSSR count). The van der Waals surface area contributed by atoms with E-state index in [2.05, 4.69) is 12.0 Å². The van der Waals surface area contributed by atoms with Crippen LogP contribution in [0.4, 0.5) is 10.1 Å². The van der Waals surface area contributed by atoms with Crippen LogP contribution in [0, 0.1) is 5.82 Å². The predicted octanol–water partition coefficient (Wildman–Crippen LogP) is 2.73. The Morgan fingerprint density at radius 2 is 1.62 bits per heavy atom. The number of nitrogens with one attached hydrogen (secondary N) is 1. The SMILES string of the molecule is C1COCCO1.C=C(C)C1NN(C)c2c(F)cc(B3OC(C)(C)C(C)(C)O3)cc21. The fourth-order valence-corrected chi connectivity index (χ4v) is 3.47. The summed E-state index contributed by atoms with van der Waals surface area (Å²) in [6, 6.07) is 3.35. The molecule has 0 saturated carbocycles. The highest BCUT2D eigenvalue weighted by Crippen LogP contribution is 2.39. The molecule has 1 N–H and O–H groups in total. The third-order valence-electron chi connectivity index (χ3n) is 5.85. The Hall–Kier alpha value is -1.45. The van der Waals surface area contributed by atoms with Crippen molar-refractivity contribution in [2.24, 2.45) is 0 Å². The molecule has 2 saturated heterocycles. The number of anilines is 1. The van der Waals surface area contributed by atoms with Gasteiger partial charge in [0.05, 0.1) is 49.4 Å². The van der Waals surface area contributed by atoms with Gasteiger partial charge in [-0.15, -0.1) is 0 Å². The molecule has 3 aliphatic rings. The zero-order chi connectivity index (χ0) is 21.4. The highest BCUT2D eigenvalue weighted by molar-refractivity contribution is 6.62. The van der Waals surface area contributed by atoms with Crippen molar-refractivity contribution in [2.45, 2.75) is 51.9 Å². The molecular weight excluding hydrogens is 374 g/mol. The van der Waals surface area contributed by atoms with E-state index >= 15 is 0 Å². The number of benzene rings is 1. The molecule has 1 unspecified atom stereocenters. The van der Waals surface area contributed by atoms with Crippen LogP contribution < -0.4 is 15.9 Å². The maximum Gasteiger partial charge on any atom is 0.494 e. The summed E-state index contributed by atoms with van der Waals surface area (Å²) in [6.07, 6.45) is 0. The van der Waals surface area contributed by atoms with Gasteiger partial charge in [0.1, 0.15) is 5.82 Å². The fraction of sp³-hybridized carbons (Fsp3) is 0.619. The molecule has 29 heavy (non-hydrogen) atoms. The van der Waals surface area contributed by atoms with Crippen LogP contribution in [0.25, 0.3) is 0 Å². The van der Waals surface area contributed by atoms with Gasteiger partial charge in [0.15, 0.2) is 0 Å². The molecule has 0 amide bonds. The van der Waals surface area contributed by atoms with E-state index < -0.39 is 18.3 Å². The summed E-state index contributed by atoms with van der Waals surface area (Å²) < 4.78 is 36.6. The van der Waals surface area contributed by atoms with Crippen molar-refractivity contribution in [3.05, 3.63) is 35.7 Å². The second kappa shape index (κ2) is 8.36. The number of nitrogens with zero attached hydrogens (tertiary/aromatic N) is 1. The maximum absolute atomic E-state index is 14.7. The summed E-state index contributed by atoms with van der Waals surface area (Å²) in [5, 5.41) is 1.71. The molecule has 0 radical (unpaired) electrons. The minimum atomic E-state index is -0.573. The number of hydrogen-bond acceptors (Lipinski definition) is 6. The van der Waals surface area contributed by atoms with Gasteiger partial charge in [-0.05, 0) is 46.1 Å². The van der Waals surface area contributed by atoms with Gasteiger partial charge in [-0.3, -0.25) is 0 Å². The minimum Gasteiger partial charge on any atom is -0.399 e. The summed E-state index contributed by atoms with van der Waals surface area (Å²) in [7, 11) is 1.23. The predicted molar refractivity (Wildman–Crippen MR) is 113 cm³/mol. The van der Waals surface area contributed by atoms with E-state index in [0.717, 1.165) is 37.6 Å². The third kappa shape index (κ3) is 4.51.